The topological polar surface area (TPSA) is 41.8 Å². The lowest BCUT2D eigenvalue weighted by atomic mass is 10.0. The maximum absolute atomic E-state index is 6.07. The Bertz CT molecular complexity index is 910. The van der Waals surface area contributed by atoms with Crippen molar-refractivity contribution in [2.75, 3.05) is 0 Å². The summed E-state index contributed by atoms with van der Waals surface area (Å²) in [6.07, 6.45) is 7.20. The Morgan fingerprint density at radius 1 is 1.05 bits per heavy atom. The van der Waals surface area contributed by atoms with Crippen LogP contribution in [0.3, 0.4) is 0 Å². The van der Waals surface area contributed by atoms with Crippen molar-refractivity contribution in [3.8, 4) is 22.3 Å². The lowest BCUT2D eigenvalue weighted by Crippen LogP contribution is -1.82. The van der Waals surface area contributed by atoms with Crippen molar-refractivity contribution in [3.63, 3.8) is 0 Å². The normalized spacial score (nSPS) is 11.1. The maximum Gasteiger partial charge on any atom is 0.137 e. The third-order valence-electron chi connectivity index (χ3n) is 3.52. The zero-order valence-corrected chi connectivity index (χ0v) is 11.8. The fourth-order valence-corrected chi connectivity index (χ4v) is 2.68. The van der Waals surface area contributed by atoms with Gasteiger partial charge in [-0.15, -0.1) is 0 Å². The summed E-state index contributed by atoms with van der Waals surface area (Å²) in [6.45, 7) is 0. The van der Waals surface area contributed by atoms with Crippen molar-refractivity contribution in [1.29, 1.82) is 0 Å². The fourth-order valence-electron chi connectivity index (χ4n) is 2.49. The highest BCUT2D eigenvalue weighted by molar-refractivity contribution is 6.30. The molecule has 4 rings (SSSR count). The van der Waals surface area contributed by atoms with E-state index in [1.807, 2.05) is 42.7 Å². The van der Waals surface area contributed by atoms with Crippen molar-refractivity contribution in [2.45, 2.75) is 0 Å². The molecule has 0 saturated heterocycles. The van der Waals surface area contributed by atoms with E-state index in [0.717, 1.165) is 38.3 Å². The van der Waals surface area contributed by atoms with Gasteiger partial charge >= 0.3 is 0 Å². The first-order valence-corrected chi connectivity index (χ1v) is 6.95. The number of benzene rings is 1. The standard InChI is InChI=1S/C17H11ClN2O/c18-14-3-1-2-11(6-14)13-7-15-16(12-4-5-21-10-12)9-20-17(15)19-8-13/h1-10H,(H,19,20). The number of aromatic amines is 1. The summed E-state index contributed by atoms with van der Waals surface area (Å²) in [4.78, 5) is 7.68. The molecular weight excluding hydrogens is 284 g/mol. The van der Waals surface area contributed by atoms with Gasteiger partial charge in [0, 0.05) is 39.5 Å². The second kappa shape index (κ2) is 4.79. The average Bonchev–Trinajstić information content (AvgIpc) is 3.15. The number of nitrogens with one attached hydrogen (secondary N) is 1. The maximum atomic E-state index is 6.07. The minimum absolute atomic E-state index is 0.719. The van der Waals surface area contributed by atoms with Gasteiger partial charge in [0.05, 0.1) is 12.5 Å². The van der Waals surface area contributed by atoms with E-state index in [-0.39, 0.29) is 0 Å². The van der Waals surface area contributed by atoms with Crippen LogP contribution in [0.2, 0.25) is 5.02 Å². The second-order valence-corrected chi connectivity index (χ2v) is 5.28. The van der Waals surface area contributed by atoms with Crippen LogP contribution in [0.25, 0.3) is 33.3 Å². The molecule has 0 aliphatic rings. The van der Waals surface area contributed by atoms with Gasteiger partial charge in [0.2, 0.25) is 0 Å². The van der Waals surface area contributed by atoms with Crippen LogP contribution in [-0.4, -0.2) is 9.97 Å². The molecule has 1 N–H and O–H groups in total. The van der Waals surface area contributed by atoms with Gasteiger partial charge in [-0.05, 0) is 29.8 Å². The monoisotopic (exact) mass is 294 g/mol. The summed E-state index contributed by atoms with van der Waals surface area (Å²) >= 11 is 6.07. The van der Waals surface area contributed by atoms with Gasteiger partial charge in [0.15, 0.2) is 0 Å². The molecular formula is C17H11ClN2O. The van der Waals surface area contributed by atoms with E-state index in [2.05, 4.69) is 16.0 Å². The SMILES string of the molecule is Clc1cccc(-c2cnc3[nH]cc(-c4ccoc4)c3c2)c1. The Balaban J connectivity index is 1.91. The third-order valence-corrected chi connectivity index (χ3v) is 3.76. The zero-order valence-electron chi connectivity index (χ0n) is 11.0. The molecule has 0 aliphatic heterocycles. The number of hydrogen-bond acceptors (Lipinski definition) is 2. The molecule has 4 heteroatoms. The number of fused-ring (bicyclic) bond motifs is 1. The van der Waals surface area contributed by atoms with Crippen LogP contribution in [0.15, 0.2) is 65.7 Å². The molecule has 1 aromatic carbocycles. The summed E-state index contributed by atoms with van der Waals surface area (Å²) < 4.78 is 5.17. The van der Waals surface area contributed by atoms with Crippen LogP contribution >= 0.6 is 11.6 Å². The lowest BCUT2D eigenvalue weighted by Gasteiger charge is -2.03. The summed E-state index contributed by atoms with van der Waals surface area (Å²) in [5, 5.41) is 1.78. The molecule has 0 unspecified atom stereocenters. The highest BCUT2D eigenvalue weighted by Gasteiger charge is 2.10. The third kappa shape index (κ3) is 2.12. The summed E-state index contributed by atoms with van der Waals surface area (Å²) in [5.41, 5.74) is 5.06. The molecule has 102 valence electrons. The molecule has 0 atom stereocenters. The van der Waals surface area contributed by atoms with E-state index >= 15 is 0 Å². The van der Waals surface area contributed by atoms with E-state index in [4.69, 9.17) is 16.0 Å². The van der Waals surface area contributed by atoms with Gasteiger partial charge in [0.25, 0.3) is 0 Å². The predicted molar refractivity (Wildman–Crippen MR) is 84.2 cm³/mol. The van der Waals surface area contributed by atoms with Crippen LogP contribution in [0, 0.1) is 0 Å². The van der Waals surface area contributed by atoms with Gasteiger partial charge in [0.1, 0.15) is 5.65 Å². The van der Waals surface area contributed by atoms with E-state index in [0.29, 0.717) is 0 Å². The van der Waals surface area contributed by atoms with Crippen molar-refractivity contribution >= 4 is 22.6 Å². The van der Waals surface area contributed by atoms with Crippen LogP contribution in [0.4, 0.5) is 0 Å². The molecule has 3 nitrogen and oxygen atoms in total. The van der Waals surface area contributed by atoms with Crippen molar-refractivity contribution in [1.82, 2.24) is 9.97 Å². The first kappa shape index (κ1) is 12.2. The zero-order chi connectivity index (χ0) is 14.2. The van der Waals surface area contributed by atoms with Gasteiger partial charge in [-0.3, -0.25) is 0 Å². The number of rotatable bonds is 2. The highest BCUT2D eigenvalue weighted by atomic mass is 35.5. The Morgan fingerprint density at radius 3 is 2.81 bits per heavy atom. The van der Waals surface area contributed by atoms with Crippen molar-refractivity contribution in [3.05, 3.63) is 66.3 Å². The second-order valence-electron chi connectivity index (χ2n) is 4.84. The molecule has 0 spiro atoms. The highest BCUT2D eigenvalue weighted by Crippen LogP contribution is 2.31. The largest absolute Gasteiger partial charge is 0.472 e. The molecule has 4 aromatic rings. The van der Waals surface area contributed by atoms with Crippen molar-refractivity contribution in [2.24, 2.45) is 0 Å². The fraction of sp³-hybridized carbons (Fsp3) is 0. The Hall–Kier alpha value is -2.52. The predicted octanol–water partition coefficient (Wildman–Crippen LogP) is 5.14. The average molecular weight is 295 g/mol. The number of aromatic nitrogens is 2. The van der Waals surface area contributed by atoms with E-state index in [9.17, 15) is 0 Å². The number of nitrogens with zero attached hydrogens (tertiary/aromatic N) is 1. The van der Waals surface area contributed by atoms with E-state index in [1.54, 1.807) is 12.5 Å². The van der Waals surface area contributed by atoms with Gasteiger partial charge < -0.3 is 9.40 Å². The summed E-state index contributed by atoms with van der Waals surface area (Å²) in [7, 11) is 0. The van der Waals surface area contributed by atoms with Gasteiger partial charge in [-0.2, -0.15) is 0 Å². The molecule has 21 heavy (non-hydrogen) atoms. The summed E-state index contributed by atoms with van der Waals surface area (Å²) in [6, 6.07) is 11.8. The number of furan rings is 1. The molecule has 0 fully saturated rings. The first-order chi connectivity index (χ1) is 10.3. The molecule has 0 bridgehead atoms. The summed E-state index contributed by atoms with van der Waals surface area (Å²) in [5.74, 6) is 0. The Labute approximate surface area is 126 Å². The van der Waals surface area contributed by atoms with Crippen LogP contribution in [0.1, 0.15) is 0 Å². The minimum atomic E-state index is 0.719. The first-order valence-electron chi connectivity index (χ1n) is 6.57. The number of H-pyrrole nitrogens is 1. The van der Waals surface area contributed by atoms with Crippen LogP contribution in [-0.2, 0) is 0 Å². The number of pyridine rings is 1. The van der Waals surface area contributed by atoms with E-state index in [1.165, 1.54) is 0 Å². The molecule has 3 aromatic heterocycles. The smallest absolute Gasteiger partial charge is 0.137 e. The van der Waals surface area contributed by atoms with E-state index < -0.39 is 0 Å². The van der Waals surface area contributed by atoms with Crippen LogP contribution in [0.5, 0.6) is 0 Å². The lowest BCUT2D eigenvalue weighted by molar-refractivity contribution is 0.568. The number of hydrogen-bond donors (Lipinski definition) is 1. The van der Waals surface area contributed by atoms with Crippen LogP contribution < -0.4 is 0 Å². The molecule has 0 radical (unpaired) electrons. The molecule has 0 amide bonds. The van der Waals surface area contributed by atoms with Gasteiger partial charge in [-0.1, -0.05) is 23.7 Å². The molecule has 3 heterocycles. The molecule has 0 saturated carbocycles. The van der Waals surface area contributed by atoms with Gasteiger partial charge in [-0.25, -0.2) is 4.98 Å². The minimum Gasteiger partial charge on any atom is -0.472 e. The quantitative estimate of drug-likeness (QED) is 0.556. The Morgan fingerprint density at radius 2 is 2.00 bits per heavy atom. The van der Waals surface area contributed by atoms with Crippen molar-refractivity contribution < 1.29 is 4.42 Å². The molecule has 0 aliphatic carbocycles. The number of halogens is 1. The Kier molecular flexibility index (Phi) is 2.79.